The molecule has 0 saturated heterocycles. The molecular formula is C39H26N2. The number of aromatic nitrogens is 2. The molecule has 0 aliphatic carbocycles. The van der Waals surface area contributed by atoms with Crippen molar-refractivity contribution in [1.29, 1.82) is 0 Å². The first-order chi connectivity index (χ1) is 20.3. The molecule has 2 aromatic heterocycles. The summed E-state index contributed by atoms with van der Waals surface area (Å²) in [5.74, 6) is 0. The van der Waals surface area contributed by atoms with Gasteiger partial charge in [-0.25, -0.2) is 4.98 Å². The SMILES string of the molecule is c1ccc(-c2ccn3cc(-c4ccc(-c5c6ccccc6c(-c6ccccc6)c6ccccc56)cc4)nc3c2)cc1. The van der Waals surface area contributed by atoms with Gasteiger partial charge < -0.3 is 4.40 Å². The first-order valence-electron chi connectivity index (χ1n) is 14.0. The third kappa shape index (κ3) is 4.00. The fourth-order valence-electron chi connectivity index (χ4n) is 6.09. The van der Waals surface area contributed by atoms with Gasteiger partial charge in [0.15, 0.2) is 0 Å². The molecule has 0 bridgehead atoms. The van der Waals surface area contributed by atoms with E-state index in [4.69, 9.17) is 4.98 Å². The molecular weight excluding hydrogens is 496 g/mol. The summed E-state index contributed by atoms with van der Waals surface area (Å²) in [5, 5.41) is 5.06. The van der Waals surface area contributed by atoms with E-state index >= 15 is 0 Å². The molecule has 6 aromatic carbocycles. The topological polar surface area (TPSA) is 17.3 Å². The van der Waals surface area contributed by atoms with Crippen LogP contribution in [-0.2, 0) is 0 Å². The number of benzene rings is 6. The lowest BCUT2D eigenvalue weighted by atomic mass is 9.86. The molecule has 0 saturated carbocycles. The predicted octanol–water partition coefficient (Wildman–Crippen LogP) is 10.3. The van der Waals surface area contributed by atoms with Gasteiger partial charge in [-0.15, -0.1) is 0 Å². The van der Waals surface area contributed by atoms with Crippen LogP contribution in [0.1, 0.15) is 0 Å². The van der Waals surface area contributed by atoms with E-state index in [-0.39, 0.29) is 0 Å². The highest BCUT2D eigenvalue weighted by atomic mass is 15.0. The smallest absolute Gasteiger partial charge is 0.138 e. The van der Waals surface area contributed by atoms with Gasteiger partial charge in [0.1, 0.15) is 5.65 Å². The van der Waals surface area contributed by atoms with Crippen molar-refractivity contribution in [3.8, 4) is 44.6 Å². The zero-order valence-corrected chi connectivity index (χ0v) is 22.4. The third-order valence-electron chi connectivity index (χ3n) is 8.03. The monoisotopic (exact) mass is 522 g/mol. The quantitative estimate of drug-likeness (QED) is 0.210. The highest BCUT2D eigenvalue weighted by Crippen LogP contribution is 2.43. The van der Waals surface area contributed by atoms with E-state index in [0.717, 1.165) is 16.9 Å². The largest absolute Gasteiger partial charge is 0.306 e. The van der Waals surface area contributed by atoms with Crippen molar-refractivity contribution >= 4 is 27.2 Å². The van der Waals surface area contributed by atoms with Crippen LogP contribution in [-0.4, -0.2) is 9.38 Å². The van der Waals surface area contributed by atoms with Crippen molar-refractivity contribution in [3.63, 3.8) is 0 Å². The molecule has 41 heavy (non-hydrogen) atoms. The van der Waals surface area contributed by atoms with Crippen LogP contribution in [0, 0.1) is 0 Å². The molecule has 8 aromatic rings. The molecule has 2 nitrogen and oxygen atoms in total. The Balaban J connectivity index is 1.25. The minimum atomic E-state index is 0.943. The number of hydrogen-bond acceptors (Lipinski definition) is 1. The predicted molar refractivity (Wildman–Crippen MR) is 172 cm³/mol. The summed E-state index contributed by atoms with van der Waals surface area (Å²) < 4.78 is 2.10. The zero-order chi connectivity index (χ0) is 27.2. The number of nitrogens with zero attached hydrogens (tertiary/aromatic N) is 2. The average molecular weight is 523 g/mol. The van der Waals surface area contributed by atoms with Gasteiger partial charge in [-0.1, -0.05) is 133 Å². The maximum Gasteiger partial charge on any atom is 0.138 e. The third-order valence-corrected chi connectivity index (χ3v) is 8.03. The van der Waals surface area contributed by atoms with E-state index in [9.17, 15) is 0 Å². The van der Waals surface area contributed by atoms with E-state index in [1.54, 1.807) is 0 Å². The summed E-state index contributed by atoms with van der Waals surface area (Å²) >= 11 is 0. The first-order valence-corrected chi connectivity index (χ1v) is 14.0. The van der Waals surface area contributed by atoms with Gasteiger partial charge in [-0.05, 0) is 67.1 Å². The Morgan fingerprint density at radius 2 is 0.854 bits per heavy atom. The Bertz CT molecular complexity index is 2120. The second-order valence-corrected chi connectivity index (χ2v) is 10.5. The van der Waals surface area contributed by atoms with Gasteiger partial charge in [0, 0.05) is 18.0 Å². The number of fused-ring (bicyclic) bond motifs is 3. The van der Waals surface area contributed by atoms with E-state index in [0.29, 0.717) is 0 Å². The second-order valence-electron chi connectivity index (χ2n) is 10.5. The molecule has 0 aliphatic rings. The summed E-state index contributed by atoms with van der Waals surface area (Å²) in [7, 11) is 0. The van der Waals surface area contributed by atoms with Crippen molar-refractivity contribution in [2.75, 3.05) is 0 Å². The molecule has 0 spiro atoms. The van der Waals surface area contributed by atoms with Crippen molar-refractivity contribution in [3.05, 3.63) is 158 Å². The van der Waals surface area contributed by atoms with Crippen LogP contribution in [0.25, 0.3) is 71.8 Å². The molecule has 8 rings (SSSR count). The maximum atomic E-state index is 4.98. The molecule has 192 valence electrons. The maximum absolute atomic E-state index is 4.98. The Hall–Kier alpha value is -5.47. The first kappa shape index (κ1) is 23.4. The van der Waals surface area contributed by atoms with Crippen LogP contribution in [0.5, 0.6) is 0 Å². The summed E-state index contributed by atoms with van der Waals surface area (Å²) in [5.41, 5.74) is 10.4. The lowest BCUT2D eigenvalue weighted by Crippen LogP contribution is -1.90. The van der Waals surface area contributed by atoms with Crippen molar-refractivity contribution in [2.45, 2.75) is 0 Å². The number of rotatable bonds is 4. The number of imidazole rings is 1. The van der Waals surface area contributed by atoms with Gasteiger partial charge in [0.25, 0.3) is 0 Å². The van der Waals surface area contributed by atoms with E-state index in [1.807, 2.05) is 6.07 Å². The minimum Gasteiger partial charge on any atom is -0.306 e. The fraction of sp³-hybridized carbons (Fsp3) is 0. The van der Waals surface area contributed by atoms with Gasteiger partial charge in [-0.2, -0.15) is 0 Å². The molecule has 0 fully saturated rings. The van der Waals surface area contributed by atoms with Crippen molar-refractivity contribution in [1.82, 2.24) is 9.38 Å². The Morgan fingerprint density at radius 1 is 0.390 bits per heavy atom. The molecule has 0 atom stereocenters. The van der Waals surface area contributed by atoms with Crippen LogP contribution in [0.15, 0.2) is 158 Å². The standard InChI is InChI=1S/C39H26N2/c1-3-11-27(12-4-1)31-23-24-41-26-36(40-37(41)25-31)28-19-21-30(22-20-28)39-34-17-9-7-15-32(34)38(29-13-5-2-6-14-29)33-16-8-10-18-35(33)39/h1-26H. The van der Waals surface area contributed by atoms with Crippen molar-refractivity contribution in [2.24, 2.45) is 0 Å². The minimum absolute atomic E-state index is 0.943. The van der Waals surface area contributed by atoms with E-state index in [2.05, 4.69) is 156 Å². The summed E-state index contributed by atoms with van der Waals surface area (Å²) in [4.78, 5) is 4.98. The molecule has 0 amide bonds. The zero-order valence-electron chi connectivity index (χ0n) is 22.4. The normalized spacial score (nSPS) is 11.4. The lowest BCUT2D eigenvalue weighted by Gasteiger charge is -2.17. The molecule has 0 radical (unpaired) electrons. The van der Waals surface area contributed by atoms with E-state index in [1.165, 1.54) is 54.9 Å². The van der Waals surface area contributed by atoms with E-state index < -0.39 is 0 Å². The van der Waals surface area contributed by atoms with Crippen LogP contribution in [0.3, 0.4) is 0 Å². The van der Waals surface area contributed by atoms with Crippen molar-refractivity contribution < 1.29 is 0 Å². The molecule has 2 heteroatoms. The number of pyridine rings is 1. The van der Waals surface area contributed by atoms with Gasteiger partial charge >= 0.3 is 0 Å². The van der Waals surface area contributed by atoms with Crippen LogP contribution in [0.4, 0.5) is 0 Å². The Kier molecular flexibility index (Phi) is 5.49. The average Bonchev–Trinajstić information content (AvgIpc) is 3.48. The van der Waals surface area contributed by atoms with Gasteiger partial charge in [0.05, 0.1) is 5.69 Å². The molecule has 0 N–H and O–H groups in total. The van der Waals surface area contributed by atoms with Crippen LogP contribution < -0.4 is 0 Å². The Morgan fingerprint density at radius 3 is 1.41 bits per heavy atom. The highest BCUT2D eigenvalue weighted by Gasteiger charge is 2.16. The summed E-state index contributed by atoms with van der Waals surface area (Å²) in [6.45, 7) is 0. The number of hydrogen-bond donors (Lipinski definition) is 0. The molecule has 0 unspecified atom stereocenters. The second kappa shape index (κ2) is 9.62. The Labute approximate surface area is 238 Å². The summed E-state index contributed by atoms with van der Waals surface area (Å²) in [6, 6.07) is 51.9. The highest BCUT2D eigenvalue weighted by molar-refractivity contribution is 6.21. The van der Waals surface area contributed by atoms with Crippen LogP contribution >= 0.6 is 0 Å². The molecule has 2 heterocycles. The lowest BCUT2D eigenvalue weighted by molar-refractivity contribution is 1.19. The fourth-order valence-corrected chi connectivity index (χ4v) is 6.09. The van der Waals surface area contributed by atoms with Crippen LogP contribution in [0.2, 0.25) is 0 Å². The molecule has 0 aliphatic heterocycles. The van der Waals surface area contributed by atoms with Gasteiger partial charge in [0.2, 0.25) is 0 Å². The van der Waals surface area contributed by atoms with Gasteiger partial charge in [-0.3, -0.25) is 0 Å². The summed E-state index contributed by atoms with van der Waals surface area (Å²) in [6.07, 6.45) is 4.20.